The predicted molar refractivity (Wildman–Crippen MR) is 83.2 cm³/mol. The van der Waals surface area contributed by atoms with Crippen LogP contribution in [-0.2, 0) is 6.54 Å². The van der Waals surface area contributed by atoms with Crippen LogP contribution in [0.15, 0.2) is 48.5 Å². The topological polar surface area (TPSA) is 32.7 Å². The minimum absolute atomic E-state index is 0.181. The van der Waals surface area contributed by atoms with Crippen molar-refractivity contribution in [2.75, 3.05) is 13.2 Å². The summed E-state index contributed by atoms with van der Waals surface area (Å²) in [5.74, 6) is 0.217. The maximum atomic E-state index is 13.4. The van der Waals surface area contributed by atoms with Crippen LogP contribution in [0.1, 0.15) is 24.2 Å². The molecule has 0 saturated carbocycles. The van der Waals surface area contributed by atoms with E-state index >= 15 is 0 Å². The second kappa shape index (κ2) is 6.46. The van der Waals surface area contributed by atoms with Crippen LogP contribution in [0.25, 0.3) is 0 Å². The molecule has 0 spiro atoms. The van der Waals surface area contributed by atoms with Gasteiger partial charge in [-0.3, -0.25) is 4.90 Å². The molecular formula is C18H20FNO2. The van der Waals surface area contributed by atoms with Gasteiger partial charge in [-0.1, -0.05) is 37.3 Å². The zero-order valence-corrected chi connectivity index (χ0v) is 12.6. The van der Waals surface area contributed by atoms with Crippen molar-refractivity contribution >= 4 is 0 Å². The van der Waals surface area contributed by atoms with E-state index in [9.17, 15) is 9.50 Å². The van der Waals surface area contributed by atoms with Crippen molar-refractivity contribution in [2.24, 2.45) is 0 Å². The maximum absolute atomic E-state index is 13.4. The second-order valence-corrected chi connectivity index (χ2v) is 5.55. The van der Waals surface area contributed by atoms with Crippen LogP contribution in [0.5, 0.6) is 5.75 Å². The maximum Gasteiger partial charge on any atom is 0.125 e. The molecule has 116 valence electrons. The average Bonchev–Trinajstić information content (AvgIpc) is 2.55. The molecule has 2 aromatic carbocycles. The van der Waals surface area contributed by atoms with Gasteiger partial charge < -0.3 is 9.84 Å². The smallest absolute Gasteiger partial charge is 0.125 e. The highest BCUT2D eigenvalue weighted by molar-refractivity contribution is 5.38. The van der Waals surface area contributed by atoms with Gasteiger partial charge in [-0.15, -0.1) is 0 Å². The Morgan fingerprint density at radius 3 is 2.73 bits per heavy atom. The van der Waals surface area contributed by atoms with E-state index in [4.69, 9.17) is 4.74 Å². The molecule has 4 heteroatoms. The van der Waals surface area contributed by atoms with Crippen molar-refractivity contribution in [3.63, 3.8) is 0 Å². The lowest BCUT2D eigenvalue weighted by Crippen LogP contribution is -2.45. The molecule has 1 N–H and O–H groups in total. The third kappa shape index (κ3) is 2.98. The number of halogens is 1. The van der Waals surface area contributed by atoms with E-state index in [1.165, 1.54) is 17.7 Å². The van der Waals surface area contributed by atoms with Crippen LogP contribution >= 0.6 is 0 Å². The molecule has 1 aliphatic heterocycles. The number of rotatable bonds is 4. The molecular weight excluding hydrogens is 281 g/mol. The fraction of sp³-hybridized carbons (Fsp3) is 0.333. The first-order chi connectivity index (χ1) is 10.7. The first kappa shape index (κ1) is 15.0. The highest BCUT2D eigenvalue weighted by Gasteiger charge is 2.33. The summed E-state index contributed by atoms with van der Waals surface area (Å²) in [5, 5.41) is 10.6. The summed E-state index contributed by atoms with van der Waals surface area (Å²) in [5.41, 5.74) is 1.71. The third-order valence-electron chi connectivity index (χ3n) is 4.17. The number of ether oxygens (including phenoxy) is 1. The van der Waals surface area contributed by atoms with Gasteiger partial charge in [-0.2, -0.15) is 0 Å². The third-order valence-corrected chi connectivity index (χ3v) is 4.17. The monoisotopic (exact) mass is 301 g/mol. The molecule has 0 aliphatic carbocycles. The number of fused-ring (bicyclic) bond motifs is 1. The van der Waals surface area contributed by atoms with Gasteiger partial charge in [0.05, 0.1) is 6.04 Å². The molecule has 0 bridgehead atoms. The molecule has 2 aromatic rings. The van der Waals surface area contributed by atoms with E-state index in [-0.39, 0.29) is 11.9 Å². The Kier molecular flexibility index (Phi) is 4.41. The summed E-state index contributed by atoms with van der Waals surface area (Å²) in [4.78, 5) is 2.16. The van der Waals surface area contributed by atoms with E-state index in [0.717, 1.165) is 13.1 Å². The second-order valence-electron chi connectivity index (χ2n) is 5.55. The van der Waals surface area contributed by atoms with Crippen molar-refractivity contribution in [1.29, 1.82) is 0 Å². The van der Waals surface area contributed by atoms with Crippen LogP contribution in [-0.4, -0.2) is 29.2 Å². The molecule has 3 nitrogen and oxygen atoms in total. The Bertz CT molecular complexity index is 632. The van der Waals surface area contributed by atoms with Crippen LogP contribution in [0.4, 0.5) is 4.39 Å². The number of benzene rings is 2. The number of aliphatic hydroxyl groups excluding tert-OH is 1. The van der Waals surface area contributed by atoms with E-state index < -0.39 is 6.10 Å². The molecule has 2 unspecified atom stereocenters. The van der Waals surface area contributed by atoms with Gasteiger partial charge in [0.2, 0.25) is 0 Å². The Morgan fingerprint density at radius 1 is 1.23 bits per heavy atom. The fourth-order valence-electron chi connectivity index (χ4n) is 2.94. The fourth-order valence-corrected chi connectivity index (χ4v) is 2.94. The van der Waals surface area contributed by atoms with E-state index in [1.807, 2.05) is 18.2 Å². The van der Waals surface area contributed by atoms with E-state index in [0.29, 0.717) is 17.9 Å². The molecule has 0 amide bonds. The minimum Gasteiger partial charge on any atom is -0.491 e. The quantitative estimate of drug-likeness (QED) is 0.941. The lowest BCUT2D eigenvalue weighted by molar-refractivity contribution is 0.00157. The number of nitrogens with zero attached hydrogens (tertiary/aromatic N) is 1. The Morgan fingerprint density at radius 2 is 2.00 bits per heavy atom. The molecule has 0 fully saturated rings. The Hall–Kier alpha value is -1.91. The molecule has 1 aliphatic rings. The van der Waals surface area contributed by atoms with E-state index in [1.54, 1.807) is 6.07 Å². The first-order valence-electron chi connectivity index (χ1n) is 7.57. The Labute approximate surface area is 130 Å². The van der Waals surface area contributed by atoms with Crippen molar-refractivity contribution in [2.45, 2.75) is 25.6 Å². The molecule has 3 rings (SSSR count). The van der Waals surface area contributed by atoms with Gasteiger partial charge >= 0.3 is 0 Å². The largest absolute Gasteiger partial charge is 0.491 e. The zero-order chi connectivity index (χ0) is 15.5. The van der Waals surface area contributed by atoms with Gasteiger partial charge in [-0.05, 0) is 30.3 Å². The van der Waals surface area contributed by atoms with Crippen molar-refractivity contribution < 1.29 is 14.2 Å². The SMILES string of the molecule is CCN(Cc1ccccc1)C1COc2ccc(F)cc2C1O. The molecule has 1 heterocycles. The van der Waals surface area contributed by atoms with Crippen LogP contribution < -0.4 is 4.74 Å². The standard InChI is InChI=1S/C18H20FNO2/c1-2-20(11-13-6-4-3-5-7-13)16-12-22-17-9-8-14(19)10-15(17)18(16)21/h3-10,16,18,21H,2,11-12H2,1H3. The summed E-state index contributed by atoms with van der Waals surface area (Å²) < 4.78 is 19.2. The number of hydrogen-bond acceptors (Lipinski definition) is 3. The van der Waals surface area contributed by atoms with Gasteiger partial charge in [0.1, 0.15) is 24.3 Å². The van der Waals surface area contributed by atoms with Crippen LogP contribution in [0.2, 0.25) is 0 Å². The molecule has 0 aromatic heterocycles. The normalized spacial score (nSPS) is 20.5. The number of likely N-dealkylation sites (N-methyl/N-ethyl adjacent to an activating group) is 1. The summed E-state index contributed by atoms with van der Waals surface area (Å²) >= 11 is 0. The number of hydrogen-bond donors (Lipinski definition) is 1. The lowest BCUT2D eigenvalue weighted by atomic mass is 9.97. The van der Waals surface area contributed by atoms with Gasteiger partial charge in [0.15, 0.2) is 0 Å². The minimum atomic E-state index is -0.747. The number of aliphatic hydroxyl groups is 1. The summed E-state index contributed by atoms with van der Waals surface area (Å²) in [6.45, 7) is 3.97. The lowest BCUT2D eigenvalue weighted by Gasteiger charge is -2.38. The molecule has 22 heavy (non-hydrogen) atoms. The van der Waals surface area contributed by atoms with Crippen molar-refractivity contribution in [3.05, 3.63) is 65.5 Å². The average molecular weight is 301 g/mol. The van der Waals surface area contributed by atoms with Gasteiger partial charge in [-0.25, -0.2) is 4.39 Å². The van der Waals surface area contributed by atoms with Crippen molar-refractivity contribution in [3.8, 4) is 5.75 Å². The summed E-state index contributed by atoms with van der Waals surface area (Å²) in [6.07, 6.45) is -0.747. The zero-order valence-electron chi connectivity index (χ0n) is 12.6. The highest BCUT2D eigenvalue weighted by atomic mass is 19.1. The first-order valence-corrected chi connectivity index (χ1v) is 7.57. The predicted octanol–water partition coefficient (Wildman–Crippen LogP) is 3.14. The van der Waals surface area contributed by atoms with Gasteiger partial charge in [0, 0.05) is 12.1 Å². The highest BCUT2D eigenvalue weighted by Crippen LogP contribution is 2.35. The van der Waals surface area contributed by atoms with E-state index in [2.05, 4.69) is 24.0 Å². The van der Waals surface area contributed by atoms with Gasteiger partial charge in [0.25, 0.3) is 0 Å². The molecule has 2 atom stereocenters. The van der Waals surface area contributed by atoms with Crippen molar-refractivity contribution in [1.82, 2.24) is 4.90 Å². The van der Waals surface area contributed by atoms with Crippen LogP contribution in [0.3, 0.4) is 0 Å². The summed E-state index contributed by atoms with van der Waals surface area (Å²) in [6, 6.07) is 14.2. The molecule has 0 saturated heterocycles. The molecule has 0 radical (unpaired) electrons. The summed E-state index contributed by atoms with van der Waals surface area (Å²) in [7, 11) is 0. The Balaban J connectivity index is 1.81. The van der Waals surface area contributed by atoms with Crippen LogP contribution in [0, 0.1) is 5.82 Å².